The fourth-order valence-corrected chi connectivity index (χ4v) is 4.33. The van der Waals surface area contributed by atoms with E-state index in [0.29, 0.717) is 0 Å². The standard InChI is InChI=1S/C23H18BrFN2O2/c1-28-21-11-8-15(24)12-18(21)23-27-20(17-4-2-3-5-22(17)29-23)13-19(26-27)14-6-9-16(25)10-7-14/h2-12,20,23H,13H2,1H3/t20-,23+/m1/s1. The molecule has 0 radical (unpaired) electrons. The van der Waals surface area contributed by atoms with Crippen molar-refractivity contribution in [3.05, 3.63) is 93.7 Å². The highest BCUT2D eigenvalue weighted by molar-refractivity contribution is 9.10. The third kappa shape index (κ3) is 3.17. The largest absolute Gasteiger partial charge is 0.496 e. The van der Waals surface area contributed by atoms with Gasteiger partial charge < -0.3 is 9.47 Å². The average molecular weight is 453 g/mol. The fourth-order valence-electron chi connectivity index (χ4n) is 3.95. The number of fused-ring (bicyclic) bond motifs is 3. The van der Waals surface area contributed by atoms with Crippen molar-refractivity contribution in [2.75, 3.05) is 7.11 Å². The summed E-state index contributed by atoms with van der Waals surface area (Å²) in [4.78, 5) is 0. The first-order chi connectivity index (χ1) is 14.1. The second-order valence-electron chi connectivity index (χ2n) is 7.05. The summed E-state index contributed by atoms with van der Waals surface area (Å²) in [5.41, 5.74) is 3.82. The van der Waals surface area contributed by atoms with Gasteiger partial charge in [0.25, 0.3) is 0 Å². The van der Waals surface area contributed by atoms with Gasteiger partial charge in [-0.3, -0.25) is 0 Å². The van der Waals surface area contributed by atoms with Crippen molar-refractivity contribution in [1.29, 1.82) is 0 Å². The molecule has 6 heteroatoms. The maximum atomic E-state index is 13.4. The van der Waals surface area contributed by atoms with E-state index in [2.05, 4.69) is 22.0 Å². The van der Waals surface area contributed by atoms with Gasteiger partial charge >= 0.3 is 0 Å². The first-order valence-corrected chi connectivity index (χ1v) is 10.1. The molecule has 0 saturated heterocycles. The number of nitrogens with zero attached hydrogens (tertiary/aromatic N) is 2. The summed E-state index contributed by atoms with van der Waals surface area (Å²) in [7, 11) is 1.65. The molecule has 146 valence electrons. The maximum Gasteiger partial charge on any atom is 0.217 e. The summed E-state index contributed by atoms with van der Waals surface area (Å²) in [6, 6.07) is 20.4. The summed E-state index contributed by atoms with van der Waals surface area (Å²) in [6.07, 6.45) is 0.291. The van der Waals surface area contributed by atoms with Gasteiger partial charge in [0, 0.05) is 16.5 Å². The van der Waals surface area contributed by atoms with Crippen molar-refractivity contribution < 1.29 is 13.9 Å². The van der Waals surface area contributed by atoms with Gasteiger partial charge in [0.1, 0.15) is 17.3 Å². The molecule has 0 bridgehead atoms. The van der Waals surface area contributed by atoms with Gasteiger partial charge in [-0.1, -0.05) is 46.3 Å². The third-order valence-corrected chi connectivity index (χ3v) is 5.83. The number of methoxy groups -OCH3 is 1. The molecule has 5 rings (SSSR count). The van der Waals surface area contributed by atoms with Crippen LogP contribution < -0.4 is 9.47 Å². The predicted molar refractivity (Wildman–Crippen MR) is 113 cm³/mol. The minimum absolute atomic E-state index is 0.0358. The minimum Gasteiger partial charge on any atom is -0.496 e. The zero-order chi connectivity index (χ0) is 20.0. The van der Waals surface area contributed by atoms with Crippen LogP contribution in [0.2, 0.25) is 0 Å². The SMILES string of the molecule is COc1ccc(Br)cc1[C@@H]1Oc2ccccc2[C@H]2CC(c3ccc(F)cc3)=NN21. The molecule has 0 amide bonds. The molecule has 0 fully saturated rings. The Morgan fingerprint density at radius 2 is 1.86 bits per heavy atom. The molecule has 0 spiro atoms. The Morgan fingerprint density at radius 1 is 1.07 bits per heavy atom. The van der Waals surface area contributed by atoms with Crippen molar-refractivity contribution in [2.24, 2.45) is 5.10 Å². The molecule has 3 aromatic rings. The lowest BCUT2D eigenvalue weighted by Gasteiger charge is -2.38. The van der Waals surface area contributed by atoms with Crippen LogP contribution in [0.15, 0.2) is 76.3 Å². The van der Waals surface area contributed by atoms with Gasteiger partial charge in [-0.2, -0.15) is 5.10 Å². The zero-order valence-electron chi connectivity index (χ0n) is 15.7. The quantitative estimate of drug-likeness (QED) is 0.500. The Balaban J connectivity index is 1.62. The fraction of sp³-hybridized carbons (Fsp3) is 0.174. The van der Waals surface area contributed by atoms with Gasteiger partial charge in [-0.25, -0.2) is 9.40 Å². The number of hydrazone groups is 1. The Morgan fingerprint density at radius 3 is 2.66 bits per heavy atom. The minimum atomic E-state index is -0.430. The molecular weight excluding hydrogens is 435 g/mol. The number of hydrogen-bond donors (Lipinski definition) is 0. The van der Waals surface area contributed by atoms with Crippen LogP contribution in [0.25, 0.3) is 0 Å². The van der Waals surface area contributed by atoms with Gasteiger partial charge in [0.15, 0.2) is 0 Å². The van der Waals surface area contributed by atoms with Crippen LogP contribution in [0.4, 0.5) is 4.39 Å². The molecule has 3 aromatic carbocycles. The Hall–Kier alpha value is -2.86. The number of halogens is 2. The molecular formula is C23H18BrFN2O2. The van der Waals surface area contributed by atoms with Crippen molar-refractivity contribution in [3.8, 4) is 11.5 Å². The summed E-state index contributed by atoms with van der Waals surface area (Å²) in [5.74, 6) is 1.33. The molecule has 2 aliphatic heterocycles. The summed E-state index contributed by atoms with van der Waals surface area (Å²) in [6.45, 7) is 0. The Bertz CT molecular complexity index is 1100. The predicted octanol–water partition coefficient (Wildman–Crippen LogP) is 5.84. The molecule has 2 heterocycles. The van der Waals surface area contributed by atoms with E-state index in [1.807, 2.05) is 41.4 Å². The topological polar surface area (TPSA) is 34.1 Å². The first-order valence-electron chi connectivity index (χ1n) is 9.35. The second-order valence-corrected chi connectivity index (χ2v) is 7.96. The molecule has 0 aromatic heterocycles. The Labute approximate surface area is 176 Å². The summed E-state index contributed by atoms with van der Waals surface area (Å²) in [5, 5.41) is 6.89. The highest BCUT2D eigenvalue weighted by atomic mass is 79.9. The van der Waals surface area contributed by atoms with Crippen LogP contribution in [0.3, 0.4) is 0 Å². The van der Waals surface area contributed by atoms with Crippen molar-refractivity contribution >= 4 is 21.6 Å². The van der Waals surface area contributed by atoms with E-state index < -0.39 is 6.23 Å². The van der Waals surface area contributed by atoms with Gasteiger partial charge in [0.05, 0.1) is 24.4 Å². The smallest absolute Gasteiger partial charge is 0.217 e. The van der Waals surface area contributed by atoms with Crippen LogP contribution in [-0.4, -0.2) is 17.8 Å². The van der Waals surface area contributed by atoms with E-state index in [1.165, 1.54) is 12.1 Å². The highest BCUT2D eigenvalue weighted by Crippen LogP contribution is 2.49. The Kier molecular flexibility index (Phi) is 4.51. The molecule has 4 nitrogen and oxygen atoms in total. The monoisotopic (exact) mass is 452 g/mol. The molecule has 0 saturated carbocycles. The van der Waals surface area contributed by atoms with Crippen LogP contribution in [0, 0.1) is 5.82 Å². The van der Waals surface area contributed by atoms with Crippen LogP contribution in [0.1, 0.15) is 35.4 Å². The van der Waals surface area contributed by atoms with Gasteiger partial charge in [-0.15, -0.1) is 0 Å². The van der Waals surface area contributed by atoms with E-state index in [9.17, 15) is 4.39 Å². The molecule has 0 aliphatic carbocycles. The number of para-hydroxylation sites is 1. The van der Waals surface area contributed by atoms with Crippen LogP contribution in [0.5, 0.6) is 11.5 Å². The average Bonchev–Trinajstić information content (AvgIpc) is 3.19. The van der Waals surface area contributed by atoms with E-state index in [-0.39, 0.29) is 11.9 Å². The molecule has 2 atom stereocenters. The molecule has 29 heavy (non-hydrogen) atoms. The number of hydrogen-bond acceptors (Lipinski definition) is 4. The van der Waals surface area contributed by atoms with Crippen LogP contribution in [-0.2, 0) is 0 Å². The van der Waals surface area contributed by atoms with Crippen molar-refractivity contribution in [2.45, 2.75) is 18.7 Å². The molecule has 2 aliphatic rings. The van der Waals surface area contributed by atoms with E-state index in [0.717, 1.165) is 44.8 Å². The lowest BCUT2D eigenvalue weighted by atomic mass is 9.96. The van der Waals surface area contributed by atoms with E-state index in [4.69, 9.17) is 14.6 Å². The third-order valence-electron chi connectivity index (χ3n) is 5.33. The summed E-state index contributed by atoms with van der Waals surface area (Å²) >= 11 is 3.55. The van der Waals surface area contributed by atoms with E-state index >= 15 is 0 Å². The maximum absolute atomic E-state index is 13.4. The number of ether oxygens (including phenoxy) is 2. The molecule has 0 unspecified atom stereocenters. The van der Waals surface area contributed by atoms with Gasteiger partial charge in [0.2, 0.25) is 6.23 Å². The van der Waals surface area contributed by atoms with Gasteiger partial charge in [-0.05, 0) is 42.0 Å². The normalized spacial score (nSPS) is 19.8. The van der Waals surface area contributed by atoms with Crippen molar-refractivity contribution in [3.63, 3.8) is 0 Å². The zero-order valence-corrected chi connectivity index (χ0v) is 17.3. The van der Waals surface area contributed by atoms with Crippen molar-refractivity contribution in [1.82, 2.24) is 5.01 Å². The van der Waals surface area contributed by atoms with Crippen LogP contribution >= 0.6 is 15.9 Å². The second kappa shape index (κ2) is 7.19. The first kappa shape index (κ1) is 18.2. The highest BCUT2D eigenvalue weighted by Gasteiger charge is 2.41. The summed E-state index contributed by atoms with van der Waals surface area (Å²) < 4.78 is 26.3. The number of benzene rings is 3. The molecule has 0 N–H and O–H groups in total. The van der Waals surface area contributed by atoms with E-state index in [1.54, 1.807) is 19.2 Å². The lowest BCUT2D eigenvalue weighted by Crippen LogP contribution is -2.33. The number of rotatable bonds is 3. The lowest BCUT2D eigenvalue weighted by molar-refractivity contribution is -0.0203.